The molecule has 0 saturated heterocycles. The number of nitrogens with one attached hydrogen (secondary N) is 1. The highest BCUT2D eigenvalue weighted by Crippen LogP contribution is 2.36. The molecule has 1 aliphatic rings. The standard InChI is InChI=1S/C24H20ClN3O3S/c1-3-12-32-24-27-23(30)21-19(13-20(29)26-22(21)28(24)2)16-6-10-18(11-7-16)31-14-15-4-8-17(25)9-5-15/h1,4-11,19H,12-14H2,2H3,(H,26,29). The monoisotopic (exact) mass is 465 g/mol. The Bertz CT molecular complexity index is 1250. The lowest BCUT2D eigenvalue weighted by Crippen LogP contribution is -2.33. The van der Waals surface area contributed by atoms with E-state index in [1.807, 2.05) is 48.5 Å². The number of aromatic nitrogens is 2. The molecule has 1 unspecified atom stereocenters. The molecule has 1 aromatic heterocycles. The summed E-state index contributed by atoms with van der Waals surface area (Å²) in [6.45, 7) is 0.410. The van der Waals surface area contributed by atoms with Gasteiger partial charge in [-0.15, -0.1) is 6.42 Å². The maximum atomic E-state index is 12.9. The van der Waals surface area contributed by atoms with Gasteiger partial charge in [-0.05, 0) is 35.4 Å². The van der Waals surface area contributed by atoms with Crippen LogP contribution in [0.25, 0.3) is 0 Å². The molecule has 3 aromatic rings. The van der Waals surface area contributed by atoms with Gasteiger partial charge in [0.2, 0.25) is 5.91 Å². The molecule has 0 saturated carbocycles. The zero-order valence-corrected chi connectivity index (χ0v) is 18.9. The van der Waals surface area contributed by atoms with Crippen LogP contribution in [0, 0.1) is 12.3 Å². The average molecular weight is 466 g/mol. The van der Waals surface area contributed by atoms with Gasteiger partial charge >= 0.3 is 0 Å². The minimum atomic E-state index is -0.387. The fourth-order valence-electron chi connectivity index (χ4n) is 3.60. The van der Waals surface area contributed by atoms with Gasteiger partial charge in [0.1, 0.15) is 18.2 Å². The van der Waals surface area contributed by atoms with E-state index in [0.717, 1.165) is 11.1 Å². The second-order valence-corrected chi connectivity index (χ2v) is 8.68. The van der Waals surface area contributed by atoms with Gasteiger partial charge in [0.15, 0.2) is 5.16 Å². The topological polar surface area (TPSA) is 73.2 Å². The van der Waals surface area contributed by atoms with E-state index in [-0.39, 0.29) is 23.8 Å². The van der Waals surface area contributed by atoms with Crippen molar-refractivity contribution in [3.05, 3.63) is 80.6 Å². The van der Waals surface area contributed by atoms with Crippen molar-refractivity contribution in [2.45, 2.75) is 24.1 Å². The largest absolute Gasteiger partial charge is 0.489 e. The molecule has 2 aromatic carbocycles. The van der Waals surface area contributed by atoms with Crippen LogP contribution >= 0.6 is 23.4 Å². The summed E-state index contributed by atoms with van der Waals surface area (Å²) >= 11 is 7.19. The number of halogens is 1. The fourth-order valence-corrected chi connectivity index (χ4v) is 4.37. The van der Waals surface area contributed by atoms with E-state index in [0.29, 0.717) is 39.7 Å². The summed E-state index contributed by atoms with van der Waals surface area (Å²) in [6, 6.07) is 14.9. The normalized spacial score (nSPS) is 14.9. The number of carbonyl (C=O) groups is 1. The first-order valence-electron chi connectivity index (χ1n) is 9.90. The number of rotatable bonds is 6. The number of carbonyl (C=O) groups excluding carboxylic acids is 1. The van der Waals surface area contributed by atoms with Gasteiger partial charge in [-0.25, -0.2) is 0 Å². The number of thioether (sulfide) groups is 1. The van der Waals surface area contributed by atoms with E-state index in [4.69, 9.17) is 22.8 Å². The number of fused-ring (bicyclic) bond motifs is 1. The Hall–Kier alpha value is -3.21. The molecular weight excluding hydrogens is 446 g/mol. The molecule has 0 spiro atoms. The lowest BCUT2D eigenvalue weighted by atomic mass is 9.87. The van der Waals surface area contributed by atoms with Crippen LogP contribution in [0.4, 0.5) is 5.82 Å². The third-order valence-electron chi connectivity index (χ3n) is 5.19. The molecule has 1 N–H and O–H groups in total. The molecule has 1 atom stereocenters. The number of amides is 1. The SMILES string of the molecule is C#CCSc1nc(=O)c2c(n1C)NC(=O)CC2c1ccc(OCc2ccc(Cl)cc2)cc1. The van der Waals surface area contributed by atoms with Crippen LogP contribution in [0.3, 0.4) is 0 Å². The van der Waals surface area contributed by atoms with Crippen molar-refractivity contribution < 1.29 is 9.53 Å². The predicted octanol–water partition coefficient (Wildman–Crippen LogP) is 4.21. The number of nitrogens with zero attached hydrogens (tertiary/aromatic N) is 2. The van der Waals surface area contributed by atoms with Gasteiger partial charge in [0.05, 0.1) is 11.3 Å². The van der Waals surface area contributed by atoms with Gasteiger partial charge in [-0.1, -0.05) is 53.5 Å². The van der Waals surface area contributed by atoms with Crippen LogP contribution in [0.1, 0.15) is 29.0 Å². The molecule has 1 aliphatic heterocycles. The highest BCUT2D eigenvalue weighted by molar-refractivity contribution is 7.99. The quantitative estimate of drug-likeness (QED) is 0.335. The fraction of sp³-hybridized carbons (Fsp3) is 0.208. The summed E-state index contributed by atoms with van der Waals surface area (Å²) in [7, 11) is 1.76. The second kappa shape index (κ2) is 9.51. The van der Waals surface area contributed by atoms with Gasteiger partial charge < -0.3 is 14.6 Å². The van der Waals surface area contributed by atoms with Gasteiger partial charge in [0.25, 0.3) is 5.56 Å². The van der Waals surface area contributed by atoms with Crippen molar-refractivity contribution in [2.75, 3.05) is 11.1 Å². The first kappa shape index (κ1) is 22.0. The number of hydrogen-bond acceptors (Lipinski definition) is 5. The van der Waals surface area contributed by atoms with Gasteiger partial charge in [-0.3, -0.25) is 9.59 Å². The van der Waals surface area contributed by atoms with Crippen LogP contribution in [-0.4, -0.2) is 21.2 Å². The Morgan fingerprint density at radius 1 is 1.22 bits per heavy atom. The Morgan fingerprint density at radius 2 is 1.94 bits per heavy atom. The third kappa shape index (κ3) is 4.67. The van der Waals surface area contributed by atoms with Crippen molar-refractivity contribution in [2.24, 2.45) is 7.05 Å². The van der Waals surface area contributed by atoms with Crippen LogP contribution < -0.4 is 15.6 Å². The molecule has 0 fully saturated rings. The second-order valence-electron chi connectivity index (χ2n) is 7.30. The van der Waals surface area contributed by atoms with E-state index < -0.39 is 0 Å². The number of benzene rings is 2. The summed E-state index contributed by atoms with van der Waals surface area (Å²) in [4.78, 5) is 29.5. The maximum Gasteiger partial charge on any atom is 0.279 e. The van der Waals surface area contributed by atoms with Crippen LogP contribution in [-0.2, 0) is 18.4 Å². The lowest BCUT2D eigenvalue weighted by Gasteiger charge is -2.27. The molecule has 2 heterocycles. The molecule has 4 rings (SSSR count). The van der Waals surface area contributed by atoms with E-state index in [2.05, 4.69) is 16.2 Å². The van der Waals surface area contributed by atoms with E-state index in [1.54, 1.807) is 11.6 Å². The zero-order chi connectivity index (χ0) is 22.7. The van der Waals surface area contributed by atoms with Gasteiger partial charge in [-0.2, -0.15) is 4.98 Å². The molecule has 0 bridgehead atoms. The number of ether oxygens (including phenoxy) is 1. The summed E-state index contributed by atoms with van der Waals surface area (Å²) in [5.74, 6) is 3.52. The summed E-state index contributed by atoms with van der Waals surface area (Å²) < 4.78 is 7.56. The van der Waals surface area contributed by atoms with Crippen LogP contribution in [0.5, 0.6) is 5.75 Å². The van der Waals surface area contributed by atoms with Crippen LogP contribution in [0.2, 0.25) is 5.02 Å². The van der Waals surface area contributed by atoms with E-state index in [9.17, 15) is 9.59 Å². The maximum absolute atomic E-state index is 12.9. The van der Waals surface area contributed by atoms with Crippen molar-refractivity contribution >= 4 is 35.1 Å². The smallest absolute Gasteiger partial charge is 0.279 e. The molecule has 0 aliphatic carbocycles. The molecule has 0 radical (unpaired) electrons. The molecule has 162 valence electrons. The minimum Gasteiger partial charge on any atom is -0.489 e. The van der Waals surface area contributed by atoms with Crippen LogP contribution in [0.15, 0.2) is 58.5 Å². The Balaban J connectivity index is 1.58. The van der Waals surface area contributed by atoms with Crippen molar-refractivity contribution in [3.8, 4) is 18.1 Å². The molecule has 32 heavy (non-hydrogen) atoms. The number of hydrogen-bond donors (Lipinski definition) is 1. The lowest BCUT2D eigenvalue weighted by molar-refractivity contribution is -0.116. The molecule has 6 nitrogen and oxygen atoms in total. The number of anilines is 1. The molecular formula is C24H20ClN3O3S. The summed E-state index contributed by atoms with van der Waals surface area (Å²) in [5, 5.41) is 3.97. The molecule has 8 heteroatoms. The Labute approximate surface area is 195 Å². The first-order valence-corrected chi connectivity index (χ1v) is 11.3. The van der Waals surface area contributed by atoms with Crippen molar-refractivity contribution in [1.29, 1.82) is 0 Å². The van der Waals surface area contributed by atoms with Crippen molar-refractivity contribution in [1.82, 2.24) is 9.55 Å². The highest BCUT2D eigenvalue weighted by atomic mass is 35.5. The molecule has 1 amide bonds. The Morgan fingerprint density at radius 3 is 2.62 bits per heavy atom. The zero-order valence-electron chi connectivity index (χ0n) is 17.3. The average Bonchev–Trinajstić information content (AvgIpc) is 2.80. The van der Waals surface area contributed by atoms with Gasteiger partial charge in [0, 0.05) is 24.4 Å². The van der Waals surface area contributed by atoms with E-state index in [1.165, 1.54) is 11.8 Å². The van der Waals surface area contributed by atoms with Crippen molar-refractivity contribution in [3.63, 3.8) is 0 Å². The van der Waals surface area contributed by atoms with E-state index >= 15 is 0 Å². The summed E-state index contributed by atoms with van der Waals surface area (Å²) in [5.41, 5.74) is 1.98. The predicted molar refractivity (Wildman–Crippen MR) is 126 cm³/mol. The first-order chi connectivity index (χ1) is 15.5. The summed E-state index contributed by atoms with van der Waals surface area (Å²) in [6.07, 6.45) is 5.50. The minimum absolute atomic E-state index is 0.153. The number of terminal acetylenes is 1. The third-order valence-corrected chi connectivity index (χ3v) is 6.37. The highest BCUT2D eigenvalue weighted by Gasteiger charge is 2.32. The Kier molecular flexibility index (Phi) is 6.54.